The standard InChI is InChI=1S/C2H3ClFNO/c3-5(1-4)2-6/h2H,1H2. The Kier molecular flexibility index (Phi) is 2.75. The van der Waals surface area contributed by atoms with Gasteiger partial charge in [-0.3, -0.25) is 4.79 Å². The van der Waals surface area contributed by atoms with E-state index in [0.717, 1.165) is 0 Å². The fourth-order valence-electron chi connectivity index (χ4n) is 0.0282. The number of hydrogen-bond donors (Lipinski definition) is 0. The smallest absolute Gasteiger partial charge is 0.226 e. The number of nitrogens with zero attached hydrogens (tertiary/aromatic N) is 1. The number of alkyl halides is 1. The Labute approximate surface area is 39.6 Å². The van der Waals surface area contributed by atoms with E-state index in [9.17, 15) is 9.18 Å². The molecular weight excluding hydrogens is 108 g/mol. The molecule has 36 valence electrons. The fraction of sp³-hybridized carbons (Fsp3) is 0.500. The Balaban J connectivity index is 2.96. The summed E-state index contributed by atoms with van der Waals surface area (Å²) in [7, 11) is 0. The first-order valence-electron chi connectivity index (χ1n) is 1.25. The van der Waals surface area contributed by atoms with E-state index in [1.54, 1.807) is 0 Å². The van der Waals surface area contributed by atoms with Crippen LogP contribution in [0.4, 0.5) is 4.39 Å². The van der Waals surface area contributed by atoms with Crippen LogP contribution in [0.15, 0.2) is 0 Å². The maximum Gasteiger partial charge on any atom is 0.226 e. The molecule has 0 unspecified atom stereocenters. The van der Waals surface area contributed by atoms with Crippen molar-refractivity contribution in [2.45, 2.75) is 0 Å². The highest BCUT2D eigenvalue weighted by Gasteiger charge is 1.86. The fourth-order valence-corrected chi connectivity index (χ4v) is 0.0282. The van der Waals surface area contributed by atoms with Crippen molar-refractivity contribution in [1.29, 1.82) is 0 Å². The van der Waals surface area contributed by atoms with E-state index >= 15 is 0 Å². The van der Waals surface area contributed by atoms with Gasteiger partial charge < -0.3 is 0 Å². The summed E-state index contributed by atoms with van der Waals surface area (Å²) in [5.74, 6) is 0. The van der Waals surface area contributed by atoms with Gasteiger partial charge in [0.15, 0.2) is 6.80 Å². The SMILES string of the molecule is O=CN(Cl)CF. The van der Waals surface area contributed by atoms with Crippen LogP contribution in [0.2, 0.25) is 0 Å². The Bertz CT molecular complexity index is 50.8. The number of carbonyl (C=O) groups excluding carboxylic acids is 1. The zero-order valence-electron chi connectivity index (χ0n) is 2.90. The van der Waals surface area contributed by atoms with Crippen LogP contribution < -0.4 is 0 Å². The molecule has 0 bridgehead atoms. The lowest BCUT2D eigenvalue weighted by atomic mass is 11.2. The molecule has 0 aliphatic heterocycles. The zero-order valence-corrected chi connectivity index (χ0v) is 3.65. The van der Waals surface area contributed by atoms with Gasteiger partial charge in [0.2, 0.25) is 6.41 Å². The number of rotatable bonds is 2. The molecule has 0 rings (SSSR count). The quantitative estimate of drug-likeness (QED) is 0.289. The van der Waals surface area contributed by atoms with Gasteiger partial charge in [0.05, 0.1) is 0 Å². The van der Waals surface area contributed by atoms with Gasteiger partial charge in [-0.2, -0.15) is 0 Å². The van der Waals surface area contributed by atoms with Gasteiger partial charge >= 0.3 is 0 Å². The molecule has 0 spiro atoms. The average molecular weight is 112 g/mol. The van der Waals surface area contributed by atoms with Crippen LogP contribution in [-0.2, 0) is 4.79 Å². The van der Waals surface area contributed by atoms with Crippen molar-refractivity contribution in [3.05, 3.63) is 0 Å². The van der Waals surface area contributed by atoms with Gasteiger partial charge in [0.25, 0.3) is 0 Å². The molecule has 0 fully saturated rings. The van der Waals surface area contributed by atoms with E-state index in [4.69, 9.17) is 11.8 Å². The lowest BCUT2D eigenvalue weighted by molar-refractivity contribution is -0.115. The van der Waals surface area contributed by atoms with Crippen LogP contribution in [0.25, 0.3) is 0 Å². The Hall–Kier alpha value is -0.310. The van der Waals surface area contributed by atoms with Gasteiger partial charge in [-0.1, -0.05) is 0 Å². The molecule has 0 aromatic carbocycles. The van der Waals surface area contributed by atoms with Crippen molar-refractivity contribution in [1.82, 2.24) is 4.42 Å². The lowest BCUT2D eigenvalue weighted by Gasteiger charge is -1.93. The molecule has 0 N–H and O–H groups in total. The third-order valence-electron chi connectivity index (χ3n) is 0.229. The second-order valence-electron chi connectivity index (χ2n) is 0.625. The highest BCUT2D eigenvalue weighted by Crippen LogP contribution is 1.84. The third-order valence-corrected chi connectivity index (χ3v) is 0.399. The van der Waals surface area contributed by atoms with Crippen molar-refractivity contribution >= 4 is 18.2 Å². The second kappa shape index (κ2) is 2.90. The number of halogens is 2. The highest BCUT2D eigenvalue weighted by molar-refractivity contribution is 6.18. The summed E-state index contributed by atoms with van der Waals surface area (Å²) >= 11 is 4.74. The predicted octanol–water partition coefficient (Wildman–Crippen LogP) is 0.526. The van der Waals surface area contributed by atoms with E-state index in [-0.39, 0.29) is 6.41 Å². The first-order valence-corrected chi connectivity index (χ1v) is 1.58. The molecule has 1 amide bonds. The molecule has 0 aromatic rings. The van der Waals surface area contributed by atoms with Gasteiger partial charge in [0, 0.05) is 11.8 Å². The maximum absolute atomic E-state index is 10.9. The van der Waals surface area contributed by atoms with E-state index in [1.807, 2.05) is 0 Å². The number of carbonyl (C=O) groups is 1. The third kappa shape index (κ3) is 1.96. The molecule has 0 heterocycles. The van der Waals surface area contributed by atoms with E-state index in [1.165, 1.54) is 0 Å². The molecule has 0 saturated carbocycles. The van der Waals surface area contributed by atoms with Crippen LogP contribution in [0.3, 0.4) is 0 Å². The summed E-state index contributed by atoms with van der Waals surface area (Å²) in [6, 6.07) is 0. The normalized spacial score (nSPS) is 7.67. The number of hydrogen-bond acceptors (Lipinski definition) is 1. The molecular formula is C2H3ClFNO. The zero-order chi connectivity index (χ0) is 4.99. The van der Waals surface area contributed by atoms with Crippen molar-refractivity contribution in [2.75, 3.05) is 6.80 Å². The summed E-state index contributed by atoms with van der Waals surface area (Å²) in [6.07, 6.45) is 0.196. The van der Waals surface area contributed by atoms with E-state index < -0.39 is 6.80 Å². The number of amides is 1. The topological polar surface area (TPSA) is 20.3 Å². The first kappa shape index (κ1) is 5.69. The molecule has 0 atom stereocenters. The molecule has 4 heteroatoms. The van der Waals surface area contributed by atoms with Crippen molar-refractivity contribution in [2.24, 2.45) is 0 Å². The lowest BCUT2D eigenvalue weighted by Crippen LogP contribution is -2.04. The molecule has 0 radical (unpaired) electrons. The molecule has 0 aliphatic rings. The molecule has 0 saturated heterocycles. The minimum absolute atomic E-state index is 0.196. The predicted molar refractivity (Wildman–Crippen MR) is 19.7 cm³/mol. The van der Waals surface area contributed by atoms with Crippen molar-refractivity contribution in [3.63, 3.8) is 0 Å². The van der Waals surface area contributed by atoms with Gasteiger partial charge in [-0.05, 0) is 0 Å². The van der Waals surface area contributed by atoms with E-state index in [2.05, 4.69) is 0 Å². The van der Waals surface area contributed by atoms with Crippen molar-refractivity contribution in [3.8, 4) is 0 Å². The monoisotopic (exact) mass is 111 g/mol. The second-order valence-corrected chi connectivity index (χ2v) is 1.06. The van der Waals surface area contributed by atoms with Gasteiger partial charge in [-0.25, -0.2) is 8.81 Å². The van der Waals surface area contributed by atoms with Gasteiger partial charge in [0.1, 0.15) is 0 Å². The van der Waals surface area contributed by atoms with Crippen LogP contribution in [0.1, 0.15) is 0 Å². The molecule has 2 nitrogen and oxygen atoms in total. The molecule has 0 aliphatic carbocycles. The van der Waals surface area contributed by atoms with Crippen LogP contribution in [0.5, 0.6) is 0 Å². The van der Waals surface area contributed by atoms with Crippen LogP contribution in [0, 0.1) is 0 Å². The Morgan fingerprint density at radius 1 is 2.00 bits per heavy atom. The average Bonchev–Trinajstić information content (AvgIpc) is 1.65. The largest absolute Gasteiger partial charge is 0.277 e. The maximum atomic E-state index is 10.9. The minimum Gasteiger partial charge on any atom is -0.277 e. The van der Waals surface area contributed by atoms with E-state index in [0.29, 0.717) is 4.42 Å². The Morgan fingerprint density at radius 3 is 2.50 bits per heavy atom. The van der Waals surface area contributed by atoms with Gasteiger partial charge in [-0.15, -0.1) is 0 Å². The summed E-state index contributed by atoms with van der Waals surface area (Å²) in [6.45, 7) is -0.939. The molecule has 0 aromatic heterocycles. The minimum atomic E-state index is -0.939. The van der Waals surface area contributed by atoms with Crippen LogP contribution >= 0.6 is 11.8 Å². The van der Waals surface area contributed by atoms with Crippen molar-refractivity contribution < 1.29 is 9.18 Å². The summed E-state index contributed by atoms with van der Waals surface area (Å²) in [5, 5.41) is 0. The molecule has 6 heavy (non-hydrogen) atoms. The summed E-state index contributed by atoms with van der Waals surface area (Å²) in [4.78, 5) is 9.29. The van der Waals surface area contributed by atoms with Crippen LogP contribution in [-0.4, -0.2) is 17.6 Å². The first-order chi connectivity index (χ1) is 2.81. The summed E-state index contributed by atoms with van der Waals surface area (Å²) in [5.41, 5.74) is 0. The highest BCUT2D eigenvalue weighted by atomic mass is 35.5. The summed E-state index contributed by atoms with van der Waals surface area (Å²) < 4.78 is 11.3. The Morgan fingerprint density at radius 2 is 2.50 bits per heavy atom.